The van der Waals surface area contributed by atoms with Crippen molar-refractivity contribution in [1.29, 1.82) is 0 Å². The molecule has 0 aliphatic heterocycles. The Labute approximate surface area is 448 Å². The van der Waals surface area contributed by atoms with Crippen molar-refractivity contribution in [3.63, 3.8) is 0 Å². The molecule has 11 aromatic carbocycles. The van der Waals surface area contributed by atoms with Crippen molar-refractivity contribution < 1.29 is 44.8 Å². The minimum absolute atomic E-state index is 0. The molecule has 0 radical (unpaired) electrons. The second-order valence-electron chi connectivity index (χ2n) is 17.3. The van der Waals surface area contributed by atoms with Gasteiger partial charge < -0.3 is 12.8 Å². The summed E-state index contributed by atoms with van der Waals surface area (Å²) >= 11 is 0. The van der Waals surface area contributed by atoms with E-state index in [4.69, 9.17) is 12.8 Å². The summed E-state index contributed by atoms with van der Waals surface area (Å²) in [6.07, 6.45) is 14.7. The van der Waals surface area contributed by atoms with E-state index in [1.165, 1.54) is 75.6 Å². The van der Waals surface area contributed by atoms with Gasteiger partial charge in [-0.25, -0.2) is 0 Å². The number of benzene rings is 11. The Morgan fingerprint density at radius 2 is 0.614 bits per heavy atom. The van der Waals surface area contributed by atoms with Crippen LogP contribution in [0.25, 0.3) is 43.1 Å². The largest absolute Gasteiger partial charge is 1.00 e. The van der Waals surface area contributed by atoms with Gasteiger partial charge >= 0.3 is 44.8 Å². The zero-order valence-corrected chi connectivity index (χ0v) is 45.9. The molecule has 0 fully saturated rings. The number of aryl methyl sites for hydroxylation is 4. The second-order valence-corrected chi connectivity index (χ2v) is 22.1. The molecule has 0 N–H and O–H groups in total. The molecule has 0 nitrogen and oxygen atoms in total. The minimum atomic E-state index is -1.22. The first-order valence-electron chi connectivity index (χ1n) is 23.1. The Bertz CT molecular complexity index is 3450. The maximum Gasteiger partial charge on any atom is 1.00 e. The minimum Gasteiger partial charge on any atom is -0.366 e. The maximum atomic E-state index is 7.35. The molecule has 11 aromatic rings. The average molecular weight is 1300 g/mol. The van der Waals surface area contributed by atoms with Gasteiger partial charge in [0.1, 0.15) is 47.7 Å². The van der Waals surface area contributed by atoms with Gasteiger partial charge in [0.05, 0.1) is 0 Å². The molecule has 0 aliphatic carbocycles. The molecule has 0 saturated carbocycles. The molecule has 346 valence electrons. The normalized spacial score (nSPS) is 11.3. The number of rotatable bonds is 6. The summed E-state index contributed by atoms with van der Waals surface area (Å²) in [4.78, 5) is 0. The summed E-state index contributed by atoms with van der Waals surface area (Å²) in [7, 11) is -2.43. The van der Waals surface area contributed by atoms with Gasteiger partial charge in [0, 0.05) is 0 Å². The van der Waals surface area contributed by atoms with Crippen LogP contribution in [0, 0.1) is 52.4 Å². The van der Waals surface area contributed by atoms with Crippen molar-refractivity contribution >= 4 is 90.8 Å². The smallest absolute Gasteiger partial charge is 0.366 e. The Morgan fingerprint density at radius 1 is 0.300 bits per heavy atom. The molecule has 0 aromatic heterocycles. The first kappa shape index (κ1) is 51.8. The van der Waals surface area contributed by atoms with Crippen molar-refractivity contribution in [1.82, 2.24) is 0 Å². The van der Waals surface area contributed by atoms with Crippen molar-refractivity contribution in [3.8, 4) is 11.8 Å². The monoisotopic (exact) mass is 1300 g/mol. The fourth-order valence-corrected chi connectivity index (χ4v) is 16.0. The van der Waals surface area contributed by atoms with E-state index in [1.807, 2.05) is 72.8 Å². The Hall–Kier alpha value is -6.08. The van der Waals surface area contributed by atoms with Crippen LogP contribution in [0.15, 0.2) is 231 Å². The molecule has 0 heterocycles. The van der Waals surface area contributed by atoms with Gasteiger partial charge in [-0.3, -0.25) is 11.8 Å². The van der Waals surface area contributed by atoms with Crippen LogP contribution in [0.3, 0.4) is 0 Å². The SMILES string of the molecule is Cc1cccc([PH+](c2ccccc2C)c2ccccc2[PH+](c2cccc(C)c2)c2ccccc2C)c1.[Au+].[Au+].[C-]#Cc1cc2ccccc2c2ccccc12.[C-]#Cc1cc2ccccc2c2ccccc12. The summed E-state index contributed by atoms with van der Waals surface area (Å²) in [5.41, 5.74) is 7.11. The molecule has 0 spiro atoms. The summed E-state index contributed by atoms with van der Waals surface area (Å²) in [5.74, 6) is 5.02. The molecule has 2 unspecified atom stereocenters. The quantitative estimate of drug-likeness (QED) is 0.0512. The number of hydrogen-bond acceptors (Lipinski definition) is 0. The van der Waals surface area contributed by atoms with E-state index in [-0.39, 0.29) is 44.8 Å². The predicted molar refractivity (Wildman–Crippen MR) is 301 cm³/mol. The fourth-order valence-electron chi connectivity index (χ4n) is 9.45. The predicted octanol–water partition coefficient (Wildman–Crippen LogP) is 13.8. The van der Waals surface area contributed by atoms with Gasteiger partial charge in [0.2, 0.25) is 0 Å². The molecule has 0 saturated heterocycles. The van der Waals surface area contributed by atoms with Crippen molar-refractivity contribution in [2.75, 3.05) is 0 Å². The van der Waals surface area contributed by atoms with Crippen molar-refractivity contribution in [2.45, 2.75) is 27.7 Å². The molecular formula is C66H52Au2P2+2. The molecule has 2 atom stereocenters. The van der Waals surface area contributed by atoms with Gasteiger partial charge in [0.15, 0.2) is 0 Å². The van der Waals surface area contributed by atoms with Gasteiger partial charge in [0.25, 0.3) is 0 Å². The fraction of sp³-hybridized carbons (Fsp3) is 0.0606. The van der Waals surface area contributed by atoms with Gasteiger partial charge in [-0.2, -0.15) is 0 Å². The van der Waals surface area contributed by atoms with Crippen molar-refractivity contribution in [3.05, 3.63) is 277 Å². The zero-order chi connectivity index (χ0) is 47.0. The molecule has 0 amide bonds. The molecule has 4 heteroatoms. The van der Waals surface area contributed by atoms with Crippen LogP contribution in [-0.4, -0.2) is 0 Å². The first-order valence-corrected chi connectivity index (χ1v) is 26.1. The van der Waals surface area contributed by atoms with Gasteiger partial charge in [-0.15, -0.1) is 23.3 Å². The average Bonchev–Trinajstić information content (AvgIpc) is 3.38. The van der Waals surface area contributed by atoms with E-state index >= 15 is 0 Å². The topological polar surface area (TPSA) is 0 Å². The van der Waals surface area contributed by atoms with E-state index in [2.05, 4.69) is 197 Å². The summed E-state index contributed by atoms with van der Waals surface area (Å²) in [6.45, 7) is 8.96. The standard InChI is InChI=1S/C34H32P2.2C16H9.2Au/c1-25-13-11-17-29(23-25)35(31-19-7-5-15-27(31)3)33-21-9-10-22-34(33)36(30-18-12-14-26(2)24-30)32-20-8-6-16-28(32)4;2*1-2-12-11-13-7-3-4-9-15(13)16-10-6-5-8-14(12)16;;/h5-24H,1-4H3;2*3-11H;;/q;2*-1;2*+1/p+2. The van der Waals surface area contributed by atoms with Crippen molar-refractivity contribution in [2.24, 2.45) is 0 Å². The van der Waals surface area contributed by atoms with Crippen LogP contribution in [0.2, 0.25) is 0 Å². The Kier molecular flexibility index (Phi) is 17.9. The van der Waals surface area contributed by atoms with E-state index in [9.17, 15) is 0 Å². The van der Waals surface area contributed by atoms with Crippen LogP contribution in [0.5, 0.6) is 0 Å². The van der Waals surface area contributed by atoms with E-state index in [0.717, 1.165) is 32.7 Å². The summed E-state index contributed by atoms with van der Waals surface area (Å²) < 4.78 is 0. The van der Waals surface area contributed by atoms with Crippen LogP contribution < -0.4 is 31.8 Å². The Balaban J connectivity index is 0.000000175. The molecular weight excluding hydrogens is 1250 g/mol. The van der Waals surface area contributed by atoms with E-state index in [1.54, 1.807) is 0 Å². The third kappa shape index (κ3) is 11.3. The summed E-state index contributed by atoms with van der Waals surface area (Å²) in [5, 5.41) is 18.3. The second kappa shape index (κ2) is 24.2. The van der Waals surface area contributed by atoms with Crippen LogP contribution in [0.1, 0.15) is 33.4 Å². The third-order valence-corrected chi connectivity index (χ3v) is 18.9. The summed E-state index contributed by atoms with van der Waals surface area (Å²) in [6, 6.07) is 82.5. The van der Waals surface area contributed by atoms with Gasteiger partial charge in [-0.1, -0.05) is 181 Å². The van der Waals surface area contributed by atoms with E-state index < -0.39 is 15.8 Å². The van der Waals surface area contributed by atoms with Crippen LogP contribution in [-0.2, 0) is 44.8 Å². The third-order valence-electron chi connectivity index (χ3n) is 12.7. The van der Waals surface area contributed by atoms with E-state index in [0.29, 0.717) is 0 Å². The maximum absolute atomic E-state index is 7.35. The molecule has 0 aliphatic rings. The Morgan fingerprint density at radius 3 is 0.971 bits per heavy atom. The number of hydrogen-bond donors (Lipinski definition) is 0. The molecule has 0 bridgehead atoms. The molecule has 11 rings (SSSR count). The van der Waals surface area contributed by atoms with Crippen LogP contribution >= 0.6 is 15.8 Å². The van der Waals surface area contributed by atoms with Gasteiger partial charge in [-0.05, 0) is 131 Å². The number of fused-ring (bicyclic) bond motifs is 6. The zero-order valence-electron chi connectivity index (χ0n) is 39.5. The first-order chi connectivity index (χ1) is 33.3. The molecule has 70 heavy (non-hydrogen) atoms. The van der Waals surface area contributed by atoms with Crippen LogP contribution in [0.4, 0.5) is 0 Å².